The van der Waals surface area contributed by atoms with Gasteiger partial charge >= 0.3 is 12.4 Å². The highest BCUT2D eigenvalue weighted by molar-refractivity contribution is 6.08. The summed E-state index contributed by atoms with van der Waals surface area (Å²) in [6, 6.07) is 1.90. The number of nitrogens with zero attached hydrogens (tertiary/aromatic N) is 6. The standard InChI is InChI=1S/C23H18F6N8O/c1-21(14-5-4-11(9-32-14)23(27,28)29)15-16(30)34-17(35-18(15)36-20(21)38)13-10-37-8-7-31-19(37)12(33-13)3-2-6-22(24,25)26/h4-5,7-10H,2-3,6H2,1H3,(H3,30,34,35,36,38). The monoisotopic (exact) mass is 536 g/mol. The molecule has 0 bridgehead atoms. The van der Waals surface area contributed by atoms with E-state index in [1.54, 1.807) is 10.6 Å². The molecule has 0 fully saturated rings. The van der Waals surface area contributed by atoms with Crippen LogP contribution in [0.5, 0.6) is 0 Å². The Kier molecular flexibility index (Phi) is 5.76. The smallest absolute Gasteiger partial charge is 0.383 e. The van der Waals surface area contributed by atoms with Gasteiger partial charge in [0.15, 0.2) is 11.5 Å². The number of imidazole rings is 1. The second kappa shape index (κ2) is 8.63. The lowest BCUT2D eigenvalue weighted by molar-refractivity contribution is -0.138. The van der Waals surface area contributed by atoms with Crippen LogP contribution in [0.3, 0.4) is 0 Å². The molecule has 0 aromatic carbocycles. The second-order valence-electron chi connectivity index (χ2n) is 8.86. The molecule has 1 unspecified atom stereocenters. The van der Waals surface area contributed by atoms with Gasteiger partial charge in [-0.25, -0.2) is 19.9 Å². The molecule has 0 spiro atoms. The van der Waals surface area contributed by atoms with Gasteiger partial charge in [0, 0.05) is 31.2 Å². The average Bonchev–Trinajstić information content (AvgIpc) is 3.40. The van der Waals surface area contributed by atoms with Crippen molar-refractivity contribution in [2.45, 2.75) is 44.0 Å². The van der Waals surface area contributed by atoms with Crippen molar-refractivity contribution >= 4 is 23.2 Å². The van der Waals surface area contributed by atoms with Crippen LogP contribution in [-0.2, 0) is 22.8 Å². The zero-order valence-corrected chi connectivity index (χ0v) is 19.5. The second-order valence-corrected chi connectivity index (χ2v) is 8.86. The number of hydrogen-bond acceptors (Lipinski definition) is 7. The van der Waals surface area contributed by atoms with Crippen molar-refractivity contribution in [3.63, 3.8) is 0 Å². The summed E-state index contributed by atoms with van der Waals surface area (Å²) in [6.07, 6.45) is -4.92. The van der Waals surface area contributed by atoms with Crippen LogP contribution in [0, 0.1) is 0 Å². The Bertz CT molecular complexity index is 1550. The lowest BCUT2D eigenvalue weighted by Gasteiger charge is -2.22. The van der Waals surface area contributed by atoms with E-state index < -0.39 is 35.7 Å². The molecule has 5 rings (SSSR count). The van der Waals surface area contributed by atoms with Gasteiger partial charge in [-0.2, -0.15) is 26.3 Å². The van der Waals surface area contributed by atoms with Crippen LogP contribution in [0.4, 0.5) is 38.0 Å². The van der Waals surface area contributed by atoms with Crippen molar-refractivity contribution in [2.24, 2.45) is 0 Å². The third kappa shape index (κ3) is 4.37. The topological polar surface area (TPSA) is 124 Å². The van der Waals surface area contributed by atoms with Gasteiger partial charge in [-0.15, -0.1) is 0 Å². The fourth-order valence-electron chi connectivity index (χ4n) is 4.35. The van der Waals surface area contributed by atoms with Crippen molar-refractivity contribution < 1.29 is 31.1 Å². The number of fused-ring (bicyclic) bond motifs is 2. The van der Waals surface area contributed by atoms with Gasteiger partial charge in [0.25, 0.3) is 0 Å². The van der Waals surface area contributed by atoms with E-state index in [0.29, 0.717) is 17.5 Å². The number of carbonyl (C=O) groups excluding carboxylic acids is 1. The summed E-state index contributed by atoms with van der Waals surface area (Å²) >= 11 is 0. The Balaban J connectivity index is 1.54. The first kappa shape index (κ1) is 25.4. The Morgan fingerprint density at radius 1 is 1.08 bits per heavy atom. The number of alkyl halides is 6. The van der Waals surface area contributed by atoms with Gasteiger partial charge in [-0.05, 0) is 31.9 Å². The summed E-state index contributed by atoms with van der Waals surface area (Å²) in [5.74, 6) is -0.755. The molecule has 0 saturated heterocycles. The van der Waals surface area contributed by atoms with Gasteiger partial charge in [0.1, 0.15) is 22.7 Å². The highest BCUT2D eigenvalue weighted by Gasteiger charge is 2.49. The van der Waals surface area contributed by atoms with Crippen LogP contribution in [0.1, 0.15) is 42.3 Å². The zero-order chi connectivity index (χ0) is 27.5. The first-order valence-corrected chi connectivity index (χ1v) is 11.2. The summed E-state index contributed by atoms with van der Waals surface area (Å²) in [6.45, 7) is 1.44. The maximum atomic E-state index is 13.0. The van der Waals surface area contributed by atoms with Crippen molar-refractivity contribution in [3.8, 4) is 11.5 Å². The molecule has 0 radical (unpaired) electrons. The molecule has 198 valence electrons. The fraction of sp³-hybridized carbons (Fsp3) is 0.304. The Morgan fingerprint density at radius 2 is 1.84 bits per heavy atom. The number of nitrogens with one attached hydrogen (secondary N) is 1. The largest absolute Gasteiger partial charge is 0.417 e. The number of anilines is 2. The zero-order valence-electron chi connectivity index (χ0n) is 19.5. The average molecular weight is 536 g/mol. The minimum absolute atomic E-state index is 0.00899. The van der Waals surface area contributed by atoms with E-state index >= 15 is 0 Å². The number of rotatable bonds is 5. The molecule has 0 aliphatic carbocycles. The maximum Gasteiger partial charge on any atom is 0.417 e. The van der Waals surface area contributed by atoms with E-state index in [2.05, 4.69) is 30.2 Å². The Labute approximate surface area is 210 Å². The molecule has 1 aliphatic rings. The van der Waals surface area contributed by atoms with Crippen LogP contribution >= 0.6 is 0 Å². The molecule has 38 heavy (non-hydrogen) atoms. The number of aromatic nitrogens is 6. The lowest BCUT2D eigenvalue weighted by atomic mass is 9.80. The molecule has 5 heterocycles. The highest BCUT2D eigenvalue weighted by Crippen LogP contribution is 2.44. The van der Waals surface area contributed by atoms with Gasteiger partial charge in [0.2, 0.25) is 5.91 Å². The van der Waals surface area contributed by atoms with Crippen LogP contribution < -0.4 is 11.1 Å². The van der Waals surface area contributed by atoms with Gasteiger partial charge in [-0.3, -0.25) is 9.78 Å². The molecule has 1 amide bonds. The lowest BCUT2D eigenvalue weighted by Crippen LogP contribution is -2.34. The highest BCUT2D eigenvalue weighted by atomic mass is 19.4. The van der Waals surface area contributed by atoms with Crippen LogP contribution in [0.25, 0.3) is 17.2 Å². The SMILES string of the molecule is CC1(c2ccc(C(F)(F)F)cn2)C(=O)Nc2nc(-c3cn4ccnc4c(CCCC(F)(F)F)n3)nc(N)c21. The van der Waals surface area contributed by atoms with Crippen molar-refractivity contribution in [3.05, 3.63) is 59.4 Å². The Hall–Kier alpha value is -4.30. The molecule has 1 aliphatic heterocycles. The molecule has 1 atom stereocenters. The van der Waals surface area contributed by atoms with Crippen LogP contribution in [0.15, 0.2) is 36.9 Å². The van der Waals surface area contributed by atoms with Gasteiger partial charge < -0.3 is 15.5 Å². The quantitative estimate of drug-likeness (QED) is 0.364. The van der Waals surface area contributed by atoms with Crippen molar-refractivity contribution in [1.29, 1.82) is 0 Å². The summed E-state index contributed by atoms with van der Waals surface area (Å²) in [5, 5.41) is 2.58. The number of aryl methyl sites for hydroxylation is 1. The number of amides is 1. The fourth-order valence-corrected chi connectivity index (χ4v) is 4.35. The van der Waals surface area contributed by atoms with E-state index in [4.69, 9.17) is 5.73 Å². The minimum atomic E-state index is -4.60. The summed E-state index contributed by atoms with van der Waals surface area (Å²) in [7, 11) is 0. The summed E-state index contributed by atoms with van der Waals surface area (Å²) in [4.78, 5) is 34.1. The minimum Gasteiger partial charge on any atom is -0.383 e. The van der Waals surface area contributed by atoms with Gasteiger partial charge in [-0.1, -0.05) is 0 Å². The molecular weight excluding hydrogens is 518 g/mol. The summed E-state index contributed by atoms with van der Waals surface area (Å²) < 4.78 is 78.5. The number of nitrogen functional groups attached to an aromatic ring is 1. The Morgan fingerprint density at radius 3 is 2.50 bits per heavy atom. The van der Waals surface area contributed by atoms with E-state index in [1.165, 1.54) is 19.3 Å². The maximum absolute atomic E-state index is 13.0. The molecule has 15 heteroatoms. The molecule has 4 aromatic heterocycles. The third-order valence-corrected chi connectivity index (χ3v) is 6.27. The van der Waals surface area contributed by atoms with Crippen molar-refractivity contribution in [1.82, 2.24) is 29.3 Å². The first-order chi connectivity index (χ1) is 17.8. The van der Waals surface area contributed by atoms with Crippen LogP contribution in [0.2, 0.25) is 0 Å². The molecule has 9 nitrogen and oxygen atoms in total. The molecular formula is C23H18F6N8O. The third-order valence-electron chi connectivity index (χ3n) is 6.27. The van der Waals surface area contributed by atoms with Gasteiger partial charge in [0.05, 0.1) is 22.5 Å². The van der Waals surface area contributed by atoms with Crippen molar-refractivity contribution in [2.75, 3.05) is 11.1 Å². The predicted octanol–water partition coefficient (Wildman–Crippen LogP) is 4.33. The van der Waals surface area contributed by atoms with E-state index in [1.807, 2.05) is 0 Å². The molecule has 4 aromatic rings. The number of nitrogens with two attached hydrogens (primary N) is 1. The number of hydrogen-bond donors (Lipinski definition) is 2. The van der Waals surface area contributed by atoms with E-state index in [-0.39, 0.29) is 47.3 Å². The number of carbonyl (C=O) groups is 1. The molecule has 3 N–H and O–H groups in total. The number of pyridine rings is 1. The predicted molar refractivity (Wildman–Crippen MR) is 122 cm³/mol. The summed E-state index contributed by atoms with van der Waals surface area (Å²) in [5.41, 5.74) is 4.64. The number of halogens is 6. The normalized spacial score (nSPS) is 17.6. The molecule has 0 saturated carbocycles. The van der Waals surface area contributed by atoms with Crippen LogP contribution in [-0.4, -0.2) is 41.4 Å². The first-order valence-electron chi connectivity index (χ1n) is 11.2. The van der Waals surface area contributed by atoms with E-state index in [9.17, 15) is 31.1 Å². The van der Waals surface area contributed by atoms with E-state index in [0.717, 1.165) is 12.1 Å².